The van der Waals surface area contributed by atoms with E-state index in [0.717, 1.165) is 11.1 Å². The van der Waals surface area contributed by atoms with Gasteiger partial charge in [-0.1, -0.05) is 29.8 Å². The molecule has 3 atom stereocenters. The molecule has 5 heteroatoms. The molecule has 0 saturated heterocycles. The van der Waals surface area contributed by atoms with E-state index in [-0.39, 0.29) is 29.2 Å². The summed E-state index contributed by atoms with van der Waals surface area (Å²) in [7, 11) is -3.51. The van der Waals surface area contributed by atoms with Crippen molar-refractivity contribution in [2.24, 2.45) is 5.92 Å². The van der Waals surface area contributed by atoms with Crippen molar-refractivity contribution in [3.8, 4) is 0 Å². The van der Waals surface area contributed by atoms with Crippen molar-refractivity contribution in [3.63, 3.8) is 0 Å². The highest BCUT2D eigenvalue weighted by Gasteiger charge is 2.58. The Morgan fingerprint density at radius 2 is 1.64 bits per heavy atom. The van der Waals surface area contributed by atoms with Gasteiger partial charge in [0.15, 0.2) is 9.84 Å². The van der Waals surface area contributed by atoms with Gasteiger partial charge in [0.25, 0.3) is 0 Å². The first-order valence-electron chi connectivity index (χ1n) is 7.12. The quantitative estimate of drug-likeness (QED) is 0.942. The van der Waals surface area contributed by atoms with Crippen molar-refractivity contribution in [1.82, 2.24) is 0 Å². The minimum Gasteiger partial charge on any atom is -0.396 e. The van der Waals surface area contributed by atoms with Crippen LogP contribution >= 0.6 is 0 Å². The van der Waals surface area contributed by atoms with Gasteiger partial charge in [-0.05, 0) is 36.8 Å². The van der Waals surface area contributed by atoms with Crippen LogP contribution in [0.5, 0.6) is 0 Å². The van der Waals surface area contributed by atoms with Crippen LogP contribution < -0.4 is 0 Å². The van der Waals surface area contributed by atoms with Gasteiger partial charge in [0.05, 0.1) is 10.1 Å². The predicted molar refractivity (Wildman–Crippen MR) is 81.9 cm³/mol. The van der Waals surface area contributed by atoms with Crippen LogP contribution in [0.3, 0.4) is 0 Å². The van der Waals surface area contributed by atoms with E-state index in [1.807, 2.05) is 6.92 Å². The Balaban J connectivity index is 1.93. The zero-order valence-corrected chi connectivity index (χ0v) is 12.9. The number of aliphatic hydroxyl groups is 1. The molecular formula is C17H17FO3S. The van der Waals surface area contributed by atoms with Crippen LogP contribution in [0.15, 0.2) is 53.4 Å². The molecule has 3 rings (SSSR count). The molecule has 0 heterocycles. The highest BCUT2D eigenvalue weighted by atomic mass is 32.2. The second kappa shape index (κ2) is 5.48. The molecule has 0 bridgehead atoms. The molecule has 2 aromatic carbocycles. The fraction of sp³-hybridized carbons (Fsp3) is 0.294. The molecule has 0 aliphatic heterocycles. The van der Waals surface area contributed by atoms with Gasteiger partial charge in [0, 0.05) is 18.4 Å². The van der Waals surface area contributed by atoms with Crippen LogP contribution in [0, 0.1) is 18.7 Å². The number of hydrogen-bond donors (Lipinski definition) is 1. The molecular weight excluding hydrogens is 303 g/mol. The van der Waals surface area contributed by atoms with Gasteiger partial charge in [0.1, 0.15) is 5.82 Å². The molecule has 116 valence electrons. The fourth-order valence-electron chi connectivity index (χ4n) is 2.99. The summed E-state index contributed by atoms with van der Waals surface area (Å²) in [6, 6.07) is 12.5. The summed E-state index contributed by atoms with van der Waals surface area (Å²) in [6.07, 6.45) is 0. The number of halogens is 1. The lowest BCUT2D eigenvalue weighted by molar-refractivity contribution is 0.274. The Kier molecular flexibility index (Phi) is 3.78. The molecule has 0 unspecified atom stereocenters. The Labute approximate surface area is 129 Å². The van der Waals surface area contributed by atoms with Crippen LogP contribution in [0.4, 0.5) is 4.39 Å². The second-order valence-electron chi connectivity index (χ2n) is 5.75. The van der Waals surface area contributed by atoms with Crippen LogP contribution in [-0.2, 0) is 9.84 Å². The van der Waals surface area contributed by atoms with Gasteiger partial charge >= 0.3 is 0 Å². The topological polar surface area (TPSA) is 54.4 Å². The van der Waals surface area contributed by atoms with Gasteiger partial charge in [-0.2, -0.15) is 0 Å². The third-order valence-corrected chi connectivity index (χ3v) is 6.56. The second-order valence-corrected chi connectivity index (χ2v) is 7.85. The van der Waals surface area contributed by atoms with Gasteiger partial charge < -0.3 is 5.11 Å². The average Bonchev–Trinajstić information content (AvgIpc) is 3.24. The molecule has 1 fully saturated rings. The Morgan fingerprint density at radius 1 is 1.05 bits per heavy atom. The first kappa shape index (κ1) is 15.2. The maximum Gasteiger partial charge on any atom is 0.182 e. The van der Waals surface area contributed by atoms with Gasteiger partial charge in [-0.3, -0.25) is 0 Å². The van der Waals surface area contributed by atoms with Crippen molar-refractivity contribution < 1.29 is 17.9 Å². The van der Waals surface area contributed by atoms with E-state index in [9.17, 15) is 17.9 Å². The molecule has 1 aliphatic carbocycles. The molecule has 0 amide bonds. The molecule has 1 saturated carbocycles. The van der Waals surface area contributed by atoms with Crippen molar-refractivity contribution >= 4 is 9.84 Å². The van der Waals surface area contributed by atoms with E-state index in [2.05, 4.69) is 0 Å². The number of sulfone groups is 1. The lowest BCUT2D eigenvalue weighted by Gasteiger charge is -2.05. The van der Waals surface area contributed by atoms with E-state index in [4.69, 9.17) is 0 Å². The Morgan fingerprint density at radius 3 is 2.18 bits per heavy atom. The van der Waals surface area contributed by atoms with Crippen molar-refractivity contribution in [2.75, 3.05) is 6.61 Å². The normalized spacial score (nSPS) is 24.2. The summed E-state index contributed by atoms with van der Waals surface area (Å²) >= 11 is 0. The average molecular weight is 320 g/mol. The smallest absolute Gasteiger partial charge is 0.182 e. The number of benzene rings is 2. The number of aryl methyl sites for hydroxylation is 1. The van der Waals surface area contributed by atoms with E-state index in [0.29, 0.717) is 0 Å². The van der Waals surface area contributed by atoms with Crippen molar-refractivity contribution in [2.45, 2.75) is 23.0 Å². The summed E-state index contributed by atoms with van der Waals surface area (Å²) in [5.41, 5.74) is 1.74. The number of aliphatic hydroxyl groups excluding tert-OH is 1. The van der Waals surface area contributed by atoms with Crippen LogP contribution in [0.25, 0.3) is 0 Å². The SMILES string of the molecule is Cc1ccc(S(=O)(=O)[C@H]2[C@H](CO)[C@@H]2c2ccc(F)cc2)cc1. The fourth-order valence-corrected chi connectivity index (χ4v) is 5.19. The largest absolute Gasteiger partial charge is 0.396 e. The summed E-state index contributed by atoms with van der Waals surface area (Å²) < 4.78 is 38.5. The highest BCUT2D eigenvalue weighted by molar-refractivity contribution is 7.92. The Hall–Kier alpha value is -1.72. The maximum atomic E-state index is 13.0. The van der Waals surface area contributed by atoms with Gasteiger partial charge in [0.2, 0.25) is 0 Å². The number of hydrogen-bond acceptors (Lipinski definition) is 3. The molecule has 22 heavy (non-hydrogen) atoms. The summed E-state index contributed by atoms with van der Waals surface area (Å²) in [5.74, 6) is -0.975. The van der Waals surface area contributed by atoms with Gasteiger partial charge in [-0.25, -0.2) is 12.8 Å². The zero-order chi connectivity index (χ0) is 15.9. The minimum atomic E-state index is -3.51. The molecule has 3 nitrogen and oxygen atoms in total. The molecule has 1 aliphatic rings. The molecule has 2 aromatic rings. The molecule has 0 spiro atoms. The lowest BCUT2D eigenvalue weighted by Crippen LogP contribution is -2.11. The van der Waals surface area contributed by atoms with Crippen molar-refractivity contribution in [3.05, 3.63) is 65.5 Å². The highest BCUT2D eigenvalue weighted by Crippen LogP contribution is 2.53. The molecule has 1 N–H and O–H groups in total. The predicted octanol–water partition coefficient (Wildman–Crippen LogP) is 2.68. The van der Waals surface area contributed by atoms with Gasteiger partial charge in [-0.15, -0.1) is 0 Å². The van der Waals surface area contributed by atoms with Crippen LogP contribution in [0.2, 0.25) is 0 Å². The molecule has 0 aromatic heterocycles. The van der Waals surface area contributed by atoms with E-state index < -0.39 is 15.1 Å². The van der Waals surface area contributed by atoms with Crippen LogP contribution in [0.1, 0.15) is 17.0 Å². The Bertz CT molecular complexity index is 767. The summed E-state index contributed by atoms with van der Waals surface area (Å²) in [5, 5.41) is 8.83. The monoisotopic (exact) mass is 320 g/mol. The molecule has 0 radical (unpaired) electrons. The summed E-state index contributed by atoms with van der Waals surface area (Å²) in [4.78, 5) is 0.270. The van der Waals surface area contributed by atoms with Crippen LogP contribution in [-0.4, -0.2) is 25.4 Å². The van der Waals surface area contributed by atoms with Crippen molar-refractivity contribution in [1.29, 1.82) is 0 Å². The first-order valence-corrected chi connectivity index (χ1v) is 8.66. The van der Waals surface area contributed by atoms with E-state index in [1.54, 1.807) is 36.4 Å². The first-order chi connectivity index (χ1) is 10.4. The standard InChI is InChI=1S/C17H17FO3S/c1-11-2-8-14(9-3-11)22(20,21)17-15(10-19)16(17)12-4-6-13(18)7-5-12/h2-9,15-17,19H,10H2,1H3/t15-,16+,17+/m1/s1. The van der Waals surface area contributed by atoms with E-state index in [1.165, 1.54) is 12.1 Å². The maximum absolute atomic E-state index is 13.0. The minimum absolute atomic E-state index is 0.197. The lowest BCUT2D eigenvalue weighted by atomic mass is 10.1. The van der Waals surface area contributed by atoms with E-state index >= 15 is 0 Å². The third-order valence-electron chi connectivity index (χ3n) is 4.27. The number of rotatable bonds is 4. The third kappa shape index (κ3) is 2.55. The summed E-state index contributed by atoms with van der Waals surface area (Å²) in [6.45, 7) is 1.70. The zero-order valence-electron chi connectivity index (χ0n) is 12.1.